The highest BCUT2D eigenvalue weighted by Crippen LogP contribution is 2.16. The number of piperidine rings is 1. The zero-order valence-electron chi connectivity index (χ0n) is 13.5. The second-order valence-corrected chi connectivity index (χ2v) is 6.40. The number of carbonyl (C=O) groups is 1. The first-order valence-corrected chi connectivity index (χ1v) is 8.66. The van der Waals surface area contributed by atoms with Crippen molar-refractivity contribution < 1.29 is 4.79 Å². The van der Waals surface area contributed by atoms with Gasteiger partial charge in [0.05, 0.1) is 13.0 Å². The number of aromatic nitrogens is 2. The molecule has 1 aliphatic rings. The third kappa shape index (κ3) is 4.68. The lowest BCUT2D eigenvalue weighted by molar-refractivity contribution is -0.120. The molecular weight excluding hydrogens is 324 g/mol. The monoisotopic (exact) mass is 344 g/mol. The molecule has 1 N–H and O–H groups in total. The van der Waals surface area contributed by atoms with E-state index in [1.165, 1.54) is 19.3 Å². The predicted octanol–water partition coefficient (Wildman–Crippen LogP) is 2.98. The van der Waals surface area contributed by atoms with Crippen molar-refractivity contribution in [1.82, 2.24) is 15.3 Å². The Morgan fingerprint density at radius 1 is 1.12 bits per heavy atom. The minimum Gasteiger partial charge on any atom is -0.357 e. The molecule has 0 spiro atoms. The summed E-state index contributed by atoms with van der Waals surface area (Å²) < 4.78 is 0. The van der Waals surface area contributed by atoms with E-state index < -0.39 is 0 Å². The van der Waals surface area contributed by atoms with Gasteiger partial charge in [-0.2, -0.15) is 0 Å². The molecule has 1 saturated heterocycles. The first-order chi connectivity index (χ1) is 11.7. The van der Waals surface area contributed by atoms with Crippen molar-refractivity contribution in [3.8, 4) is 0 Å². The van der Waals surface area contributed by atoms with Gasteiger partial charge in [0.25, 0.3) is 0 Å². The minimum atomic E-state index is -0.0516. The quantitative estimate of drug-likeness (QED) is 0.906. The molecule has 0 unspecified atom stereocenters. The van der Waals surface area contributed by atoms with Crippen LogP contribution in [-0.4, -0.2) is 29.0 Å². The lowest BCUT2D eigenvalue weighted by Gasteiger charge is -2.27. The molecular formula is C18H21ClN4O. The summed E-state index contributed by atoms with van der Waals surface area (Å²) in [5.74, 6) is 1.54. The molecule has 0 aliphatic carbocycles. The Labute approximate surface area is 147 Å². The van der Waals surface area contributed by atoms with Crippen LogP contribution in [-0.2, 0) is 17.8 Å². The normalized spacial score (nSPS) is 14.5. The van der Waals surface area contributed by atoms with Crippen LogP contribution in [0.25, 0.3) is 0 Å². The molecule has 3 rings (SSSR count). The van der Waals surface area contributed by atoms with Crippen LogP contribution in [0.5, 0.6) is 0 Å². The van der Waals surface area contributed by atoms with Gasteiger partial charge >= 0.3 is 0 Å². The number of nitrogens with zero attached hydrogens (tertiary/aromatic N) is 3. The molecule has 1 amide bonds. The average Bonchev–Trinajstić information content (AvgIpc) is 2.63. The smallest absolute Gasteiger partial charge is 0.224 e. The van der Waals surface area contributed by atoms with Crippen LogP contribution in [0.3, 0.4) is 0 Å². The summed E-state index contributed by atoms with van der Waals surface area (Å²) in [6.45, 7) is 2.42. The van der Waals surface area contributed by atoms with Gasteiger partial charge in [-0.15, -0.1) is 0 Å². The van der Waals surface area contributed by atoms with Crippen LogP contribution in [0.2, 0.25) is 5.02 Å². The van der Waals surface area contributed by atoms with Crippen LogP contribution >= 0.6 is 11.6 Å². The predicted molar refractivity (Wildman–Crippen MR) is 95.1 cm³/mol. The molecule has 0 bridgehead atoms. The van der Waals surface area contributed by atoms with E-state index in [2.05, 4.69) is 20.2 Å². The average molecular weight is 345 g/mol. The molecule has 2 aromatic rings. The number of amides is 1. The fourth-order valence-electron chi connectivity index (χ4n) is 2.80. The Morgan fingerprint density at radius 2 is 1.88 bits per heavy atom. The van der Waals surface area contributed by atoms with E-state index in [1.807, 2.05) is 18.2 Å². The van der Waals surface area contributed by atoms with Gasteiger partial charge in [-0.1, -0.05) is 23.7 Å². The van der Waals surface area contributed by atoms with Gasteiger partial charge in [-0.05, 0) is 43.0 Å². The Kier molecular flexibility index (Phi) is 5.64. The molecule has 1 aromatic carbocycles. The third-order valence-corrected chi connectivity index (χ3v) is 4.34. The molecule has 0 atom stereocenters. The molecule has 1 aliphatic heterocycles. The topological polar surface area (TPSA) is 58.1 Å². The summed E-state index contributed by atoms with van der Waals surface area (Å²) in [6, 6.07) is 9.22. The summed E-state index contributed by atoms with van der Waals surface area (Å²) in [4.78, 5) is 23.2. The summed E-state index contributed by atoms with van der Waals surface area (Å²) in [5.41, 5.74) is 0.930. The number of carbonyl (C=O) groups excluding carboxylic acids is 1. The van der Waals surface area contributed by atoms with Gasteiger partial charge in [0.15, 0.2) is 0 Å². The molecule has 2 heterocycles. The third-order valence-electron chi connectivity index (χ3n) is 4.09. The van der Waals surface area contributed by atoms with E-state index in [1.54, 1.807) is 18.3 Å². The van der Waals surface area contributed by atoms with Crippen LogP contribution in [0.15, 0.2) is 36.5 Å². The van der Waals surface area contributed by atoms with E-state index in [9.17, 15) is 4.79 Å². The Bertz CT molecular complexity index is 684. The second-order valence-electron chi connectivity index (χ2n) is 5.96. The minimum absolute atomic E-state index is 0.0516. The van der Waals surface area contributed by atoms with E-state index in [-0.39, 0.29) is 5.91 Å². The molecule has 24 heavy (non-hydrogen) atoms. The Hall–Kier alpha value is -2.14. The maximum absolute atomic E-state index is 12.0. The van der Waals surface area contributed by atoms with Crippen molar-refractivity contribution in [1.29, 1.82) is 0 Å². The van der Waals surface area contributed by atoms with Gasteiger partial charge in [-0.25, -0.2) is 9.97 Å². The summed E-state index contributed by atoms with van der Waals surface area (Å²) in [7, 11) is 0. The van der Waals surface area contributed by atoms with Crippen molar-refractivity contribution in [3.05, 3.63) is 52.9 Å². The molecule has 5 nitrogen and oxygen atoms in total. The number of benzene rings is 1. The van der Waals surface area contributed by atoms with Gasteiger partial charge in [0.2, 0.25) is 5.91 Å². The maximum atomic E-state index is 12.0. The molecule has 0 radical (unpaired) electrons. The SMILES string of the molecule is O=C(Cc1ccc(Cl)cc1)NCc1nccc(N2CCCCC2)n1. The van der Waals surface area contributed by atoms with Crippen molar-refractivity contribution in [2.24, 2.45) is 0 Å². The second kappa shape index (κ2) is 8.11. The van der Waals surface area contributed by atoms with Crippen LogP contribution < -0.4 is 10.2 Å². The van der Waals surface area contributed by atoms with Crippen LogP contribution in [0.4, 0.5) is 5.82 Å². The lowest BCUT2D eigenvalue weighted by atomic mass is 10.1. The first kappa shape index (κ1) is 16.7. The number of hydrogen-bond acceptors (Lipinski definition) is 4. The Morgan fingerprint density at radius 3 is 2.62 bits per heavy atom. The molecule has 0 saturated carbocycles. The number of halogens is 1. The van der Waals surface area contributed by atoms with Gasteiger partial charge < -0.3 is 10.2 Å². The summed E-state index contributed by atoms with van der Waals surface area (Å²) >= 11 is 5.85. The fourth-order valence-corrected chi connectivity index (χ4v) is 2.93. The highest BCUT2D eigenvalue weighted by Gasteiger charge is 2.13. The van der Waals surface area contributed by atoms with E-state index in [0.29, 0.717) is 23.8 Å². The Balaban J connectivity index is 1.54. The van der Waals surface area contributed by atoms with Crippen molar-refractivity contribution in [2.45, 2.75) is 32.2 Å². The summed E-state index contributed by atoms with van der Waals surface area (Å²) in [6.07, 6.45) is 5.78. The van der Waals surface area contributed by atoms with Gasteiger partial charge in [0, 0.05) is 24.3 Å². The maximum Gasteiger partial charge on any atom is 0.224 e. The highest BCUT2D eigenvalue weighted by molar-refractivity contribution is 6.30. The van der Waals surface area contributed by atoms with E-state index in [0.717, 1.165) is 24.5 Å². The fraction of sp³-hybridized carbons (Fsp3) is 0.389. The van der Waals surface area contributed by atoms with E-state index >= 15 is 0 Å². The van der Waals surface area contributed by atoms with Gasteiger partial charge in [0.1, 0.15) is 11.6 Å². The van der Waals surface area contributed by atoms with Crippen LogP contribution in [0.1, 0.15) is 30.7 Å². The highest BCUT2D eigenvalue weighted by atomic mass is 35.5. The van der Waals surface area contributed by atoms with Crippen molar-refractivity contribution in [3.63, 3.8) is 0 Å². The zero-order chi connectivity index (χ0) is 16.8. The molecule has 1 fully saturated rings. The lowest BCUT2D eigenvalue weighted by Crippen LogP contribution is -2.31. The molecule has 6 heteroatoms. The number of anilines is 1. The zero-order valence-corrected chi connectivity index (χ0v) is 14.3. The molecule has 1 aromatic heterocycles. The van der Waals surface area contributed by atoms with Crippen molar-refractivity contribution in [2.75, 3.05) is 18.0 Å². The first-order valence-electron chi connectivity index (χ1n) is 8.29. The summed E-state index contributed by atoms with van der Waals surface area (Å²) in [5, 5.41) is 3.55. The number of rotatable bonds is 5. The van der Waals surface area contributed by atoms with Crippen LogP contribution in [0, 0.1) is 0 Å². The molecule has 126 valence electrons. The van der Waals surface area contributed by atoms with Gasteiger partial charge in [-0.3, -0.25) is 4.79 Å². The largest absolute Gasteiger partial charge is 0.357 e. The van der Waals surface area contributed by atoms with E-state index in [4.69, 9.17) is 11.6 Å². The standard InChI is InChI=1S/C18H21ClN4O/c19-15-6-4-14(5-7-15)12-18(24)21-13-16-20-9-8-17(22-16)23-10-2-1-3-11-23/h4-9H,1-3,10-13H2,(H,21,24). The number of hydrogen-bond donors (Lipinski definition) is 1. The van der Waals surface area contributed by atoms with Crippen molar-refractivity contribution >= 4 is 23.3 Å². The number of nitrogens with one attached hydrogen (secondary N) is 1.